The SMILES string of the molecule is COc1ccc(C2=C[C@H](c3cc(Br)ccc3F)n3c(nc4ccccc43)N2)cc1. The highest BCUT2D eigenvalue weighted by Gasteiger charge is 2.27. The zero-order chi connectivity index (χ0) is 20.0. The van der Waals surface area contributed by atoms with Crippen molar-refractivity contribution in [3.63, 3.8) is 0 Å². The van der Waals surface area contributed by atoms with Crippen LogP contribution in [0.25, 0.3) is 16.7 Å². The molecule has 4 aromatic rings. The summed E-state index contributed by atoms with van der Waals surface area (Å²) >= 11 is 3.48. The van der Waals surface area contributed by atoms with Crippen LogP contribution in [0.3, 0.4) is 0 Å². The van der Waals surface area contributed by atoms with Gasteiger partial charge in [-0.25, -0.2) is 9.37 Å². The van der Waals surface area contributed by atoms with E-state index in [0.717, 1.165) is 32.5 Å². The van der Waals surface area contributed by atoms with Crippen molar-refractivity contribution in [2.75, 3.05) is 12.4 Å². The molecule has 6 heteroatoms. The van der Waals surface area contributed by atoms with E-state index in [9.17, 15) is 4.39 Å². The molecule has 3 aromatic carbocycles. The van der Waals surface area contributed by atoms with E-state index >= 15 is 0 Å². The lowest BCUT2D eigenvalue weighted by Crippen LogP contribution is -2.20. The molecular formula is C23H17BrFN3O. The number of rotatable bonds is 3. The lowest BCUT2D eigenvalue weighted by atomic mass is 10.0. The average molecular weight is 450 g/mol. The van der Waals surface area contributed by atoms with Crippen LogP contribution in [0.5, 0.6) is 5.75 Å². The Hall–Kier alpha value is -3.12. The Balaban J connectivity index is 1.72. The van der Waals surface area contributed by atoms with Crippen molar-refractivity contribution in [2.45, 2.75) is 6.04 Å². The standard InChI is InChI=1S/C23H17BrFN3O/c1-29-16-9-6-14(7-10-16)20-13-22(17-12-15(24)8-11-18(17)25)28-21-5-3-2-4-19(21)26-23(28)27-20/h2-13,22H,1H3,(H,26,27)/t22-/m1/s1. The van der Waals surface area contributed by atoms with Gasteiger partial charge in [-0.1, -0.05) is 28.1 Å². The predicted octanol–water partition coefficient (Wildman–Crippen LogP) is 6.00. The summed E-state index contributed by atoms with van der Waals surface area (Å²) in [4.78, 5) is 4.74. The van der Waals surface area contributed by atoms with Crippen LogP contribution < -0.4 is 10.1 Å². The minimum Gasteiger partial charge on any atom is -0.497 e. The molecule has 1 N–H and O–H groups in total. The molecule has 1 aromatic heterocycles. The molecule has 0 fully saturated rings. The van der Waals surface area contributed by atoms with E-state index in [0.29, 0.717) is 11.5 Å². The lowest BCUT2D eigenvalue weighted by molar-refractivity contribution is 0.415. The maximum absolute atomic E-state index is 14.9. The Labute approximate surface area is 175 Å². The number of ether oxygens (including phenoxy) is 1. The number of aromatic nitrogens is 2. The van der Waals surface area contributed by atoms with Crippen molar-refractivity contribution >= 4 is 38.6 Å². The van der Waals surface area contributed by atoms with Crippen molar-refractivity contribution in [1.82, 2.24) is 9.55 Å². The van der Waals surface area contributed by atoms with Gasteiger partial charge in [0.2, 0.25) is 5.95 Å². The summed E-state index contributed by atoms with van der Waals surface area (Å²) in [5.74, 6) is 1.21. The van der Waals surface area contributed by atoms with Crippen LogP contribution in [0.1, 0.15) is 17.2 Å². The number of hydrogen-bond donors (Lipinski definition) is 1. The molecule has 2 heterocycles. The quantitative estimate of drug-likeness (QED) is 0.416. The molecule has 1 aliphatic rings. The van der Waals surface area contributed by atoms with Crippen LogP contribution in [0.15, 0.2) is 77.3 Å². The second-order valence-corrected chi connectivity index (χ2v) is 7.75. The minimum absolute atomic E-state index is 0.255. The number of anilines is 1. The van der Waals surface area contributed by atoms with Gasteiger partial charge in [-0.15, -0.1) is 0 Å². The Kier molecular flexibility index (Phi) is 4.36. The Morgan fingerprint density at radius 2 is 1.86 bits per heavy atom. The van der Waals surface area contributed by atoms with Crippen LogP contribution in [-0.4, -0.2) is 16.7 Å². The number of halogens is 2. The first-order valence-corrected chi connectivity index (χ1v) is 9.98. The molecule has 5 rings (SSSR count). The third kappa shape index (κ3) is 3.09. The van der Waals surface area contributed by atoms with Crippen LogP contribution in [0.4, 0.5) is 10.3 Å². The number of benzene rings is 3. The van der Waals surface area contributed by atoms with E-state index in [-0.39, 0.29) is 11.9 Å². The first kappa shape index (κ1) is 17.9. The first-order chi connectivity index (χ1) is 14.1. The Bertz CT molecular complexity index is 1250. The largest absolute Gasteiger partial charge is 0.497 e. The summed E-state index contributed by atoms with van der Waals surface area (Å²) in [6.45, 7) is 0. The van der Waals surface area contributed by atoms with E-state index < -0.39 is 0 Å². The third-order valence-corrected chi connectivity index (χ3v) is 5.62. The summed E-state index contributed by atoms with van der Waals surface area (Å²) in [5.41, 5.74) is 4.24. The number of nitrogens with one attached hydrogen (secondary N) is 1. The van der Waals surface area contributed by atoms with Crippen LogP contribution >= 0.6 is 15.9 Å². The van der Waals surface area contributed by atoms with Crippen LogP contribution in [-0.2, 0) is 0 Å². The second kappa shape index (κ2) is 7.04. The molecule has 0 radical (unpaired) electrons. The van der Waals surface area contributed by atoms with Crippen LogP contribution in [0, 0.1) is 5.82 Å². The van der Waals surface area contributed by atoms with Gasteiger partial charge >= 0.3 is 0 Å². The first-order valence-electron chi connectivity index (χ1n) is 9.19. The fourth-order valence-corrected chi connectivity index (χ4v) is 4.10. The predicted molar refractivity (Wildman–Crippen MR) is 117 cm³/mol. The zero-order valence-electron chi connectivity index (χ0n) is 15.6. The number of fused-ring (bicyclic) bond motifs is 3. The summed E-state index contributed by atoms with van der Waals surface area (Å²) in [7, 11) is 1.64. The highest BCUT2D eigenvalue weighted by molar-refractivity contribution is 9.10. The van der Waals surface area contributed by atoms with Gasteiger partial charge in [0.1, 0.15) is 11.6 Å². The van der Waals surface area contributed by atoms with Gasteiger partial charge in [-0.3, -0.25) is 4.57 Å². The van der Waals surface area contributed by atoms with E-state index in [1.165, 1.54) is 6.07 Å². The maximum Gasteiger partial charge on any atom is 0.209 e. The van der Waals surface area contributed by atoms with E-state index in [1.54, 1.807) is 13.2 Å². The van der Waals surface area contributed by atoms with Crippen molar-refractivity contribution < 1.29 is 9.13 Å². The number of nitrogens with zero attached hydrogens (tertiary/aromatic N) is 2. The molecule has 0 amide bonds. The van der Waals surface area contributed by atoms with Gasteiger partial charge in [-0.05, 0) is 66.2 Å². The monoisotopic (exact) mass is 449 g/mol. The van der Waals surface area contributed by atoms with Gasteiger partial charge in [0, 0.05) is 15.7 Å². The normalized spacial score (nSPS) is 15.6. The fourth-order valence-electron chi connectivity index (χ4n) is 3.72. The molecule has 1 atom stereocenters. The minimum atomic E-state index is -0.340. The molecule has 0 bridgehead atoms. The number of allylic oxidation sites excluding steroid dienone is 1. The molecule has 0 saturated carbocycles. The molecule has 0 spiro atoms. The molecule has 0 aliphatic carbocycles. The molecule has 144 valence electrons. The summed E-state index contributed by atoms with van der Waals surface area (Å²) in [5, 5.41) is 3.41. The van der Waals surface area contributed by atoms with Crippen LogP contribution in [0.2, 0.25) is 0 Å². The highest BCUT2D eigenvalue weighted by Crippen LogP contribution is 2.38. The van der Waals surface area contributed by atoms with Gasteiger partial charge in [-0.2, -0.15) is 0 Å². The van der Waals surface area contributed by atoms with Gasteiger partial charge < -0.3 is 10.1 Å². The molecule has 29 heavy (non-hydrogen) atoms. The lowest BCUT2D eigenvalue weighted by Gasteiger charge is -2.27. The molecule has 0 unspecified atom stereocenters. The van der Waals surface area contributed by atoms with Crippen molar-refractivity contribution in [2.24, 2.45) is 0 Å². The zero-order valence-corrected chi connectivity index (χ0v) is 17.2. The molecule has 0 saturated heterocycles. The summed E-state index contributed by atoms with van der Waals surface area (Å²) in [6.07, 6.45) is 2.04. The van der Waals surface area contributed by atoms with Crippen molar-refractivity contribution in [3.05, 3.63) is 94.2 Å². The average Bonchev–Trinajstić information content (AvgIpc) is 3.13. The van der Waals surface area contributed by atoms with E-state index in [4.69, 9.17) is 9.72 Å². The van der Waals surface area contributed by atoms with E-state index in [1.807, 2.05) is 65.2 Å². The smallest absolute Gasteiger partial charge is 0.209 e. The number of methoxy groups -OCH3 is 1. The second-order valence-electron chi connectivity index (χ2n) is 6.84. The molecule has 1 aliphatic heterocycles. The van der Waals surface area contributed by atoms with E-state index in [2.05, 4.69) is 21.2 Å². The Morgan fingerprint density at radius 1 is 1.07 bits per heavy atom. The fraction of sp³-hybridized carbons (Fsp3) is 0.0870. The van der Waals surface area contributed by atoms with Gasteiger partial charge in [0.15, 0.2) is 0 Å². The summed E-state index contributed by atoms with van der Waals surface area (Å²) in [6, 6.07) is 20.3. The maximum atomic E-state index is 14.9. The highest BCUT2D eigenvalue weighted by atomic mass is 79.9. The molecule has 4 nitrogen and oxygen atoms in total. The van der Waals surface area contributed by atoms with Gasteiger partial charge in [0.25, 0.3) is 0 Å². The van der Waals surface area contributed by atoms with Crippen molar-refractivity contribution in [3.8, 4) is 5.75 Å². The topological polar surface area (TPSA) is 39.1 Å². The summed E-state index contributed by atoms with van der Waals surface area (Å²) < 4.78 is 23.0. The number of hydrogen-bond acceptors (Lipinski definition) is 3. The third-order valence-electron chi connectivity index (χ3n) is 5.12. The molecular weight excluding hydrogens is 433 g/mol. The van der Waals surface area contributed by atoms with Gasteiger partial charge in [0.05, 0.1) is 24.2 Å². The Morgan fingerprint density at radius 3 is 2.66 bits per heavy atom. The number of para-hydroxylation sites is 2. The number of imidazole rings is 1. The van der Waals surface area contributed by atoms with Crippen molar-refractivity contribution in [1.29, 1.82) is 0 Å².